The highest BCUT2D eigenvalue weighted by molar-refractivity contribution is 5.47. The summed E-state index contributed by atoms with van der Waals surface area (Å²) in [7, 11) is 0. The summed E-state index contributed by atoms with van der Waals surface area (Å²) < 4.78 is 0. The van der Waals surface area contributed by atoms with E-state index in [-0.39, 0.29) is 0 Å². The third-order valence-corrected chi connectivity index (χ3v) is 3.65. The second-order valence-corrected chi connectivity index (χ2v) is 4.73. The standard InChI is InChI=1S/C16H28N2/c1-5-15(6-2)17-13-14-9-11-16(12-10-14)18(7-3)8-4/h9-12,15,17H,5-8,13H2,1-4H3. The lowest BCUT2D eigenvalue weighted by Gasteiger charge is -2.21. The molecule has 102 valence electrons. The average Bonchev–Trinajstić information content (AvgIpc) is 2.43. The summed E-state index contributed by atoms with van der Waals surface area (Å²) >= 11 is 0. The molecular formula is C16H28N2. The first kappa shape index (κ1) is 15.0. The quantitative estimate of drug-likeness (QED) is 0.752. The van der Waals surface area contributed by atoms with Gasteiger partial charge in [0.25, 0.3) is 0 Å². The normalized spacial score (nSPS) is 10.9. The number of nitrogens with zero attached hydrogens (tertiary/aromatic N) is 1. The Morgan fingerprint density at radius 2 is 1.50 bits per heavy atom. The van der Waals surface area contributed by atoms with Crippen molar-refractivity contribution in [3.63, 3.8) is 0 Å². The Hall–Kier alpha value is -1.02. The Morgan fingerprint density at radius 1 is 0.944 bits per heavy atom. The van der Waals surface area contributed by atoms with Crippen LogP contribution in [0.2, 0.25) is 0 Å². The van der Waals surface area contributed by atoms with Crippen LogP contribution < -0.4 is 10.2 Å². The Balaban J connectivity index is 2.54. The average molecular weight is 248 g/mol. The first-order valence-electron chi connectivity index (χ1n) is 7.32. The van der Waals surface area contributed by atoms with Crippen LogP contribution in [0.4, 0.5) is 5.69 Å². The molecule has 0 radical (unpaired) electrons. The smallest absolute Gasteiger partial charge is 0.0366 e. The molecule has 2 heteroatoms. The van der Waals surface area contributed by atoms with Gasteiger partial charge >= 0.3 is 0 Å². The van der Waals surface area contributed by atoms with Crippen molar-refractivity contribution >= 4 is 5.69 Å². The van der Waals surface area contributed by atoms with Gasteiger partial charge in [-0.2, -0.15) is 0 Å². The predicted octanol–water partition coefficient (Wildman–Crippen LogP) is 3.81. The van der Waals surface area contributed by atoms with Crippen molar-refractivity contribution in [3.8, 4) is 0 Å². The summed E-state index contributed by atoms with van der Waals surface area (Å²) in [4.78, 5) is 2.37. The van der Waals surface area contributed by atoms with E-state index in [1.807, 2.05) is 0 Å². The summed E-state index contributed by atoms with van der Waals surface area (Å²) in [5, 5.41) is 3.60. The van der Waals surface area contributed by atoms with Gasteiger partial charge in [-0.1, -0.05) is 26.0 Å². The maximum Gasteiger partial charge on any atom is 0.0366 e. The predicted molar refractivity (Wildman–Crippen MR) is 81.2 cm³/mol. The molecule has 0 aliphatic carbocycles. The zero-order chi connectivity index (χ0) is 13.4. The fraction of sp³-hybridized carbons (Fsp3) is 0.625. The van der Waals surface area contributed by atoms with Gasteiger partial charge in [0.05, 0.1) is 0 Å². The number of hydrogen-bond donors (Lipinski definition) is 1. The lowest BCUT2D eigenvalue weighted by molar-refractivity contribution is 0.484. The van der Waals surface area contributed by atoms with Crippen LogP contribution in [-0.4, -0.2) is 19.1 Å². The molecule has 0 saturated carbocycles. The van der Waals surface area contributed by atoms with E-state index < -0.39 is 0 Å². The number of benzene rings is 1. The molecule has 0 bridgehead atoms. The van der Waals surface area contributed by atoms with Gasteiger partial charge in [0.15, 0.2) is 0 Å². The first-order chi connectivity index (χ1) is 8.74. The first-order valence-corrected chi connectivity index (χ1v) is 7.32. The third-order valence-electron chi connectivity index (χ3n) is 3.65. The summed E-state index contributed by atoms with van der Waals surface area (Å²) in [6.45, 7) is 12.0. The Morgan fingerprint density at radius 3 is 1.94 bits per heavy atom. The minimum atomic E-state index is 0.646. The van der Waals surface area contributed by atoms with Crippen LogP contribution in [0.3, 0.4) is 0 Å². The zero-order valence-electron chi connectivity index (χ0n) is 12.4. The monoisotopic (exact) mass is 248 g/mol. The number of nitrogens with one attached hydrogen (secondary N) is 1. The van der Waals surface area contributed by atoms with E-state index in [1.54, 1.807) is 0 Å². The maximum atomic E-state index is 3.60. The number of hydrogen-bond acceptors (Lipinski definition) is 2. The van der Waals surface area contributed by atoms with Gasteiger partial charge in [-0.25, -0.2) is 0 Å². The molecule has 18 heavy (non-hydrogen) atoms. The summed E-state index contributed by atoms with van der Waals surface area (Å²) in [5.74, 6) is 0. The molecule has 2 nitrogen and oxygen atoms in total. The lowest BCUT2D eigenvalue weighted by atomic mass is 10.1. The molecule has 1 N–H and O–H groups in total. The van der Waals surface area contributed by atoms with E-state index in [4.69, 9.17) is 0 Å². The van der Waals surface area contributed by atoms with Gasteiger partial charge in [0, 0.05) is 31.4 Å². The van der Waals surface area contributed by atoms with Crippen LogP contribution in [0.5, 0.6) is 0 Å². The van der Waals surface area contributed by atoms with Gasteiger partial charge in [-0.3, -0.25) is 0 Å². The molecule has 0 aliphatic rings. The molecule has 0 heterocycles. The highest BCUT2D eigenvalue weighted by atomic mass is 15.1. The topological polar surface area (TPSA) is 15.3 Å². The molecule has 0 atom stereocenters. The highest BCUT2D eigenvalue weighted by Crippen LogP contribution is 2.15. The van der Waals surface area contributed by atoms with Crippen molar-refractivity contribution in [1.29, 1.82) is 0 Å². The van der Waals surface area contributed by atoms with Crippen LogP contribution in [0.15, 0.2) is 24.3 Å². The minimum absolute atomic E-state index is 0.646. The van der Waals surface area contributed by atoms with E-state index in [9.17, 15) is 0 Å². The number of rotatable bonds is 8. The fourth-order valence-electron chi connectivity index (χ4n) is 2.25. The maximum absolute atomic E-state index is 3.60. The molecule has 0 fully saturated rings. The molecular weight excluding hydrogens is 220 g/mol. The van der Waals surface area contributed by atoms with Gasteiger partial charge in [0.2, 0.25) is 0 Å². The van der Waals surface area contributed by atoms with E-state index in [0.29, 0.717) is 6.04 Å². The third kappa shape index (κ3) is 4.34. The zero-order valence-corrected chi connectivity index (χ0v) is 12.4. The van der Waals surface area contributed by atoms with Crippen LogP contribution in [0, 0.1) is 0 Å². The van der Waals surface area contributed by atoms with Crippen molar-refractivity contribution in [2.45, 2.75) is 53.1 Å². The molecule has 1 aromatic rings. The van der Waals surface area contributed by atoms with Gasteiger partial charge < -0.3 is 10.2 Å². The molecule has 0 amide bonds. The molecule has 1 aromatic carbocycles. The van der Waals surface area contributed by atoms with E-state index in [0.717, 1.165) is 19.6 Å². The summed E-state index contributed by atoms with van der Waals surface area (Å²) in [5.41, 5.74) is 2.70. The van der Waals surface area contributed by atoms with Crippen molar-refractivity contribution in [1.82, 2.24) is 5.32 Å². The molecule has 0 aliphatic heterocycles. The SMILES string of the molecule is CCC(CC)NCc1ccc(N(CC)CC)cc1. The van der Waals surface area contributed by atoms with Crippen molar-refractivity contribution in [3.05, 3.63) is 29.8 Å². The van der Waals surface area contributed by atoms with E-state index >= 15 is 0 Å². The van der Waals surface area contributed by atoms with Crippen LogP contribution in [0.25, 0.3) is 0 Å². The molecule has 1 rings (SSSR count). The van der Waals surface area contributed by atoms with Gasteiger partial charge in [-0.15, -0.1) is 0 Å². The van der Waals surface area contributed by atoms with E-state index in [1.165, 1.54) is 24.1 Å². The number of anilines is 1. The molecule has 0 unspecified atom stereocenters. The van der Waals surface area contributed by atoms with Crippen LogP contribution >= 0.6 is 0 Å². The van der Waals surface area contributed by atoms with Crippen molar-refractivity contribution < 1.29 is 0 Å². The van der Waals surface area contributed by atoms with Crippen LogP contribution in [-0.2, 0) is 6.54 Å². The Bertz CT molecular complexity index is 310. The largest absolute Gasteiger partial charge is 0.372 e. The molecule has 0 aromatic heterocycles. The second kappa shape index (κ2) is 8.15. The summed E-state index contributed by atoms with van der Waals surface area (Å²) in [6.07, 6.45) is 2.40. The second-order valence-electron chi connectivity index (χ2n) is 4.73. The summed E-state index contributed by atoms with van der Waals surface area (Å²) in [6, 6.07) is 9.59. The Kier molecular flexibility index (Phi) is 6.81. The lowest BCUT2D eigenvalue weighted by Crippen LogP contribution is -2.27. The van der Waals surface area contributed by atoms with Crippen molar-refractivity contribution in [2.75, 3.05) is 18.0 Å². The Labute approximate surface area is 112 Å². The molecule has 0 spiro atoms. The fourth-order valence-corrected chi connectivity index (χ4v) is 2.25. The molecule has 0 saturated heterocycles. The van der Waals surface area contributed by atoms with Crippen LogP contribution in [0.1, 0.15) is 46.1 Å². The minimum Gasteiger partial charge on any atom is -0.372 e. The highest BCUT2D eigenvalue weighted by Gasteiger charge is 2.04. The van der Waals surface area contributed by atoms with Gasteiger partial charge in [-0.05, 0) is 44.4 Å². The van der Waals surface area contributed by atoms with Crippen molar-refractivity contribution in [2.24, 2.45) is 0 Å². The van der Waals surface area contributed by atoms with E-state index in [2.05, 4.69) is 62.2 Å². The van der Waals surface area contributed by atoms with Gasteiger partial charge in [0.1, 0.15) is 0 Å².